The Kier molecular flexibility index (Phi) is 3.03. The van der Waals surface area contributed by atoms with Gasteiger partial charge in [0.2, 0.25) is 0 Å². The summed E-state index contributed by atoms with van der Waals surface area (Å²) in [5.41, 5.74) is 8.81. The predicted molar refractivity (Wildman–Crippen MR) is 67.0 cm³/mol. The molecule has 2 N–H and O–H groups in total. The third kappa shape index (κ3) is 2.24. The van der Waals surface area contributed by atoms with E-state index in [0.717, 1.165) is 16.9 Å². The summed E-state index contributed by atoms with van der Waals surface area (Å²) in [4.78, 5) is 0. The molecule has 0 aliphatic carbocycles. The van der Waals surface area contributed by atoms with E-state index in [1.165, 1.54) is 0 Å². The number of nitrogen functional groups attached to an aromatic ring is 1. The van der Waals surface area contributed by atoms with E-state index in [2.05, 4.69) is 11.2 Å². The third-order valence-electron chi connectivity index (χ3n) is 2.50. The molecule has 0 unspecified atom stereocenters. The van der Waals surface area contributed by atoms with Crippen LogP contribution >= 0.6 is 11.6 Å². The van der Waals surface area contributed by atoms with E-state index in [4.69, 9.17) is 22.6 Å². The molecular weight excluding hydrogens is 236 g/mol. The molecular formula is C12H11ClN4. The van der Waals surface area contributed by atoms with Crippen LogP contribution in [0.5, 0.6) is 0 Å². The Balaban J connectivity index is 2.46. The Bertz CT molecular complexity index is 576. The Morgan fingerprint density at radius 2 is 2.29 bits per heavy atom. The van der Waals surface area contributed by atoms with Gasteiger partial charge in [0.15, 0.2) is 0 Å². The van der Waals surface area contributed by atoms with Crippen molar-refractivity contribution in [3.05, 3.63) is 40.7 Å². The van der Waals surface area contributed by atoms with Crippen LogP contribution in [0.4, 0.5) is 5.69 Å². The van der Waals surface area contributed by atoms with Gasteiger partial charge < -0.3 is 5.73 Å². The summed E-state index contributed by atoms with van der Waals surface area (Å²) in [6, 6.07) is 7.55. The smallest absolute Gasteiger partial charge is 0.0819 e. The number of aryl methyl sites for hydroxylation is 1. The van der Waals surface area contributed by atoms with Crippen molar-refractivity contribution in [2.24, 2.45) is 0 Å². The number of aromatic nitrogens is 2. The zero-order chi connectivity index (χ0) is 12.4. The van der Waals surface area contributed by atoms with E-state index in [-0.39, 0.29) is 6.42 Å². The Morgan fingerprint density at radius 3 is 2.88 bits per heavy atom. The molecule has 1 aromatic carbocycles. The van der Waals surface area contributed by atoms with Gasteiger partial charge in [0, 0.05) is 11.9 Å². The second kappa shape index (κ2) is 4.48. The fourth-order valence-corrected chi connectivity index (χ4v) is 1.67. The number of rotatable bonds is 2. The fraction of sp³-hybridized carbons (Fsp3) is 0.167. The van der Waals surface area contributed by atoms with Gasteiger partial charge in [-0.15, -0.1) is 0 Å². The zero-order valence-corrected chi connectivity index (χ0v) is 10.1. The van der Waals surface area contributed by atoms with Gasteiger partial charge in [-0.2, -0.15) is 10.4 Å². The van der Waals surface area contributed by atoms with Crippen molar-refractivity contribution in [3.8, 4) is 11.8 Å². The third-order valence-corrected chi connectivity index (χ3v) is 2.87. The van der Waals surface area contributed by atoms with E-state index in [0.29, 0.717) is 10.7 Å². The summed E-state index contributed by atoms with van der Waals surface area (Å²) < 4.78 is 1.68. The molecule has 86 valence electrons. The van der Waals surface area contributed by atoms with Crippen molar-refractivity contribution in [1.82, 2.24) is 9.78 Å². The maximum Gasteiger partial charge on any atom is 0.0819 e. The molecule has 5 heteroatoms. The molecule has 4 nitrogen and oxygen atoms in total. The molecule has 0 radical (unpaired) electrons. The molecule has 0 saturated carbocycles. The van der Waals surface area contributed by atoms with Crippen molar-refractivity contribution >= 4 is 17.3 Å². The zero-order valence-electron chi connectivity index (χ0n) is 9.31. The number of hydrogen-bond acceptors (Lipinski definition) is 3. The summed E-state index contributed by atoms with van der Waals surface area (Å²) in [6.45, 7) is 1.84. The Labute approximate surface area is 104 Å². The van der Waals surface area contributed by atoms with Gasteiger partial charge in [0.05, 0.1) is 28.9 Å². The molecule has 0 atom stereocenters. The summed E-state index contributed by atoms with van der Waals surface area (Å²) >= 11 is 5.95. The molecule has 0 bridgehead atoms. The molecule has 2 rings (SSSR count). The van der Waals surface area contributed by atoms with Crippen LogP contribution in [0.2, 0.25) is 5.02 Å². The summed E-state index contributed by atoms with van der Waals surface area (Å²) in [5.74, 6) is 0. The average Bonchev–Trinajstić information content (AvgIpc) is 2.63. The highest BCUT2D eigenvalue weighted by Crippen LogP contribution is 2.20. The van der Waals surface area contributed by atoms with Crippen LogP contribution < -0.4 is 5.73 Å². The minimum Gasteiger partial charge on any atom is -0.398 e. The highest BCUT2D eigenvalue weighted by Gasteiger charge is 2.06. The van der Waals surface area contributed by atoms with Crippen molar-refractivity contribution < 1.29 is 0 Å². The molecule has 17 heavy (non-hydrogen) atoms. The molecule has 0 aliphatic heterocycles. The van der Waals surface area contributed by atoms with Crippen LogP contribution in [0.15, 0.2) is 24.4 Å². The number of benzene rings is 1. The first-order valence-electron chi connectivity index (χ1n) is 5.09. The number of anilines is 1. The minimum atomic E-state index is 0.285. The van der Waals surface area contributed by atoms with Gasteiger partial charge in [0.1, 0.15) is 0 Å². The molecule has 0 amide bonds. The largest absolute Gasteiger partial charge is 0.398 e. The van der Waals surface area contributed by atoms with E-state index in [1.54, 1.807) is 16.9 Å². The molecule has 0 spiro atoms. The maximum absolute atomic E-state index is 8.70. The van der Waals surface area contributed by atoms with Gasteiger partial charge in [-0.25, -0.2) is 4.68 Å². The summed E-state index contributed by atoms with van der Waals surface area (Å²) in [6.07, 6.45) is 2.02. The van der Waals surface area contributed by atoms with Crippen LogP contribution in [-0.4, -0.2) is 9.78 Å². The second-order valence-corrected chi connectivity index (χ2v) is 4.13. The highest BCUT2D eigenvalue weighted by molar-refractivity contribution is 6.31. The van der Waals surface area contributed by atoms with Crippen molar-refractivity contribution in [3.63, 3.8) is 0 Å². The number of hydrogen-bond donors (Lipinski definition) is 1. The normalized spacial score (nSPS) is 10.2. The lowest BCUT2D eigenvalue weighted by Gasteiger charge is -2.06. The molecule has 2 aromatic rings. The van der Waals surface area contributed by atoms with Gasteiger partial charge in [0.25, 0.3) is 0 Å². The topological polar surface area (TPSA) is 67.6 Å². The quantitative estimate of drug-likeness (QED) is 0.828. The minimum absolute atomic E-state index is 0.285. The lowest BCUT2D eigenvalue weighted by atomic mass is 10.1. The monoisotopic (exact) mass is 246 g/mol. The molecule has 0 fully saturated rings. The van der Waals surface area contributed by atoms with Crippen molar-refractivity contribution in [2.75, 3.05) is 5.73 Å². The van der Waals surface area contributed by atoms with E-state index in [1.807, 2.05) is 19.1 Å². The first-order chi connectivity index (χ1) is 8.11. The first-order valence-corrected chi connectivity index (χ1v) is 5.47. The van der Waals surface area contributed by atoms with E-state index >= 15 is 0 Å². The first kappa shape index (κ1) is 11.5. The van der Waals surface area contributed by atoms with Gasteiger partial charge >= 0.3 is 0 Å². The molecule has 1 heterocycles. The van der Waals surface area contributed by atoms with Crippen LogP contribution in [0.25, 0.3) is 5.69 Å². The standard InChI is InChI=1S/C12H11ClN4/c1-8-11(13)7-17(16-8)10-2-3-12(15)9(6-10)4-5-14/h2-3,6-7H,4,15H2,1H3. The number of halogens is 1. The van der Waals surface area contributed by atoms with Crippen LogP contribution in [0.1, 0.15) is 11.3 Å². The number of nitrogens with two attached hydrogens (primary N) is 1. The van der Waals surface area contributed by atoms with Crippen LogP contribution in [0, 0.1) is 18.3 Å². The van der Waals surface area contributed by atoms with Crippen LogP contribution in [-0.2, 0) is 6.42 Å². The molecule has 0 aliphatic rings. The van der Waals surface area contributed by atoms with Gasteiger partial charge in [-0.1, -0.05) is 11.6 Å². The highest BCUT2D eigenvalue weighted by atomic mass is 35.5. The Morgan fingerprint density at radius 1 is 1.53 bits per heavy atom. The van der Waals surface area contributed by atoms with E-state index in [9.17, 15) is 0 Å². The van der Waals surface area contributed by atoms with Gasteiger partial charge in [-0.3, -0.25) is 0 Å². The van der Waals surface area contributed by atoms with Crippen LogP contribution in [0.3, 0.4) is 0 Å². The molecule has 0 saturated heterocycles. The Hall–Kier alpha value is -1.99. The number of nitriles is 1. The summed E-state index contributed by atoms with van der Waals surface area (Å²) in [7, 11) is 0. The number of nitrogens with zero attached hydrogens (tertiary/aromatic N) is 3. The predicted octanol–water partition coefficient (Wildman–Crippen LogP) is 2.48. The SMILES string of the molecule is Cc1nn(-c2ccc(N)c(CC#N)c2)cc1Cl. The maximum atomic E-state index is 8.70. The van der Waals surface area contributed by atoms with Crippen molar-refractivity contribution in [1.29, 1.82) is 5.26 Å². The van der Waals surface area contributed by atoms with E-state index < -0.39 is 0 Å². The molecule has 1 aromatic heterocycles. The average molecular weight is 247 g/mol. The summed E-state index contributed by atoms with van der Waals surface area (Å²) in [5, 5.41) is 13.6. The lowest BCUT2D eigenvalue weighted by molar-refractivity contribution is 0.861. The lowest BCUT2D eigenvalue weighted by Crippen LogP contribution is -1.99. The van der Waals surface area contributed by atoms with Gasteiger partial charge in [-0.05, 0) is 30.7 Å². The second-order valence-electron chi connectivity index (χ2n) is 3.73. The fourth-order valence-electron chi connectivity index (χ4n) is 1.54. The van der Waals surface area contributed by atoms with Crippen molar-refractivity contribution in [2.45, 2.75) is 13.3 Å².